The molecule has 10 heteroatoms. The number of carbonyl (C=O) groups excluding carboxylic acids is 3. The minimum Gasteiger partial charge on any atom is -0.352 e. The van der Waals surface area contributed by atoms with Gasteiger partial charge in [-0.25, -0.2) is 9.18 Å². The number of anilines is 1. The molecule has 0 aliphatic carbocycles. The molecule has 0 radical (unpaired) electrons. The molecule has 9 nitrogen and oxygen atoms in total. The van der Waals surface area contributed by atoms with Crippen LogP contribution in [0.4, 0.5) is 14.9 Å². The third-order valence-corrected chi connectivity index (χ3v) is 7.09. The SMILES string of the molecule is CC1=C(C(=O)Nc2ccc3[nH]ncc3c2)C(c2ccc(F)c(C(=O)NCCc3c(C)cccc3C)c2)NC(=O)N1. The quantitative estimate of drug-likeness (QED) is 0.235. The minimum atomic E-state index is -0.909. The molecule has 4 amide bonds. The van der Waals surface area contributed by atoms with Crippen LogP contribution in [-0.4, -0.2) is 34.6 Å². The summed E-state index contributed by atoms with van der Waals surface area (Å²) < 4.78 is 14.8. The highest BCUT2D eigenvalue weighted by Crippen LogP contribution is 2.29. The molecule has 0 saturated heterocycles. The van der Waals surface area contributed by atoms with Gasteiger partial charge in [0.05, 0.1) is 28.9 Å². The molecule has 1 aliphatic heterocycles. The molecule has 5 N–H and O–H groups in total. The molecule has 5 rings (SSSR count). The molecule has 0 spiro atoms. The Hall–Kier alpha value is -4.99. The molecule has 1 aromatic heterocycles. The van der Waals surface area contributed by atoms with Crippen molar-refractivity contribution < 1.29 is 18.8 Å². The number of nitrogens with zero attached hydrogens (tertiary/aromatic N) is 1. The van der Waals surface area contributed by atoms with Gasteiger partial charge in [0, 0.05) is 23.3 Å². The van der Waals surface area contributed by atoms with Crippen LogP contribution in [0.25, 0.3) is 10.9 Å². The standard InChI is InChI=1S/C30H29FN6O3/c1-16-5-4-6-17(2)22(16)11-12-32-28(38)23-14-19(7-9-24(23)31)27-26(18(3)34-30(40)36-27)29(39)35-21-8-10-25-20(13-21)15-33-37-25/h4-10,13-15,27H,11-12H2,1-3H3,(H,32,38)(H,33,37)(H,35,39)(H2,34,36,40). The topological polar surface area (TPSA) is 128 Å². The Balaban J connectivity index is 1.36. The van der Waals surface area contributed by atoms with Gasteiger partial charge in [0.1, 0.15) is 5.82 Å². The van der Waals surface area contributed by atoms with Crippen LogP contribution in [0.2, 0.25) is 0 Å². The Labute approximate surface area is 230 Å². The van der Waals surface area contributed by atoms with Gasteiger partial charge in [-0.3, -0.25) is 14.7 Å². The van der Waals surface area contributed by atoms with E-state index in [1.54, 1.807) is 31.3 Å². The number of H-pyrrole nitrogens is 1. The highest BCUT2D eigenvalue weighted by Gasteiger charge is 2.32. The second-order valence-corrected chi connectivity index (χ2v) is 9.81. The number of hydrogen-bond acceptors (Lipinski definition) is 4. The fourth-order valence-corrected chi connectivity index (χ4v) is 5.00. The number of benzene rings is 3. The van der Waals surface area contributed by atoms with Crippen LogP contribution >= 0.6 is 0 Å². The zero-order chi connectivity index (χ0) is 28.4. The molecule has 204 valence electrons. The van der Waals surface area contributed by atoms with Gasteiger partial charge < -0.3 is 21.3 Å². The average Bonchev–Trinajstić information content (AvgIpc) is 3.38. The van der Waals surface area contributed by atoms with Gasteiger partial charge in [0.2, 0.25) is 0 Å². The van der Waals surface area contributed by atoms with E-state index in [1.807, 2.05) is 32.0 Å². The van der Waals surface area contributed by atoms with E-state index in [1.165, 1.54) is 18.2 Å². The molecule has 40 heavy (non-hydrogen) atoms. The van der Waals surface area contributed by atoms with E-state index in [-0.39, 0.29) is 11.1 Å². The molecule has 1 unspecified atom stereocenters. The smallest absolute Gasteiger partial charge is 0.319 e. The van der Waals surface area contributed by atoms with Gasteiger partial charge in [-0.15, -0.1) is 0 Å². The predicted molar refractivity (Wildman–Crippen MR) is 150 cm³/mol. The third kappa shape index (κ3) is 5.42. The van der Waals surface area contributed by atoms with Crippen molar-refractivity contribution in [1.29, 1.82) is 0 Å². The van der Waals surface area contributed by atoms with Crippen molar-refractivity contribution in [3.05, 3.63) is 106 Å². The molecule has 3 aromatic carbocycles. The van der Waals surface area contributed by atoms with Crippen LogP contribution in [0.5, 0.6) is 0 Å². The van der Waals surface area contributed by atoms with Crippen LogP contribution in [-0.2, 0) is 11.2 Å². The second-order valence-electron chi connectivity index (χ2n) is 9.81. The largest absolute Gasteiger partial charge is 0.352 e. The lowest BCUT2D eigenvalue weighted by Crippen LogP contribution is -2.46. The summed E-state index contributed by atoms with van der Waals surface area (Å²) in [4.78, 5) is 38.8. The molecule has 0 bridgehead atoms. The Bertz CT molecular complexity index is 1650. The Morgan fingerprint density at radius 1 is 1.00 bits per heavy atom. The van der Waals surface area contributed by atoms with Gasteiger partial charge in [-0.1, -0.05) is 24.3 Å². The molecular weight excluding hydrogens is 511 g/mol. The predicted octanol–water partition coefficient (Wildman–Crippen LogP) is 4.56. The summed E-state index contributed by atoms with van der Waals surface area (Å²) in [6.07, 6.45) is 2.25. The van der Waals surface area contributed by atoms with Crippen LogP contribution < -0.4 is 21.3 Å². The molecule has 2 heterocycles. The summed E-state index contributed by atoms with van der Waals surface area (Å²) in [5, 5.41) is 18.7. The lowest BCUT2D eigenvalue weighted by molar-refractivity contribution is -0.113. The first-order chi connectivity index (χ1) is 19.2. The first-order valence-corrected chi connectivity index (χ1v) is 12.9. The maximum absolute atomic E-state index is 14.8. The molecular formula is C30H29FN6O3. The molecule has 1 atom stereocenters. The number of nitrogens with one attached hydrogen (secondary N) is 5. The number of halogens is 1. The van der Waals surface area contributed by atoms with Crippen LogP contribution in [0.3, 0.4) is 0 Å². The van der Waals surface area contributed by atoms with Crippen molar-refractivity contribution in [2.75, 3.05) is 11.9 Å². The molecule has 0 saturated carbocycles. The minimum absolute atomic E-state index is 0.172. The van der Waals surface area contributed by atoms with Crippen molar-refractivity contribution >= 4 is 34.4 Å². The number of amides is 4. The van der Waals surface area contributed by atoms with Crippen LogP contribution in [0, 0.1) is 19.7 Å². The maximum Gasteiger partial charge on any atom is 0.319 e. The van der Waals surface area contributed by atoms with Gasteiger partial charge in [0.25, 0.3) is 11.8 Å². The van der Waals surface area contributed by atoms with E-state index in [2.05, 4.69) is 31.5 Å². The lowest BCUT2D eigenvalue weighted by Gasteiger charge is -2.29. The summed E-state index contributed by atoms with van der Waals surface area (Å²) in [5.74, 6) is -1.73. The normalized spacial score (nSPS) is 15.0. The van der Waals surface area contributed by atoms with E-state index in [0.717, 1.165) is 27.6 Å². The lowest BCUT2D eigenvalue weighted by atomic mass is 9.93. The van der Waals surface area contributed by atoms with Crippen molar-refractivity contribution in [2.45, 2.75) is 33.2 Å². The van der Waals surface area contributed by atoms with Crippen LogP contribution in [0.1, 0.15) is 45.6 Å². The number of aromatic nitrogens is 2. The van der Waals surface area contributed by atoms with Crippen molar-refractivity contribution in [2.24, 2.45) is 0 Å². The first kappa shape index (κ1) is 26.6. The molecule has 1 aliphatic rings. The maximum atomic E-state index is 14.8. The van der Waals surface area contributed by atoms with E-state index in [4.69, 9.17) is 0 Å². The van der Waals surface area contributed by atoms with Crippen molar-refractivity contribution in [3.63, 3.8) is 0 Å². The fourth-order valence-electron chi connectivity index (χ4n) is 5.00. The Kier molecular flexibility index (Phi) is 7.33. The van der Waals surface area contributed by atoms with Gasteiger partial charge in [0.15, 0.2) is 0 Å². The monoisotopic (exact) mass is 540 g/mol. The fraction of sp³-hybridized carbons (Fsp3) is 0.200. The Morgan fingerprint density at radius 3 is 2.55 bits per heavy atom. The second kappa shape index (κ2) is 11.0. The summed E-state index contributed by atoms with van der Waals surface area (Å²) >= 11 is 0. The number of rotatable bonds is 7. The van der Waals surface area contributed by atoms with Gasteiger partial charge in [-0.2, -0.15) is 5.10 Å². The number of aromatic amines is 1. The molecule has 0 fully saturated rings. The van der Waals surface area contributed by atoms with E-state index in [9.17, 15) is 18.8 Å². The van der Waals surface area contributed by atoms with Crippen LogP contribution in [0.15, 0.2) is 72.1 Å². The van der Waals surface area contributed by atoms with E-state index < -0.39 is 29.7 Å². The molecule has 4 aromatic rings. The number of fused-ring (bicyclic) bond motifs is 1. The number of carbonyl (C=O) groups is 3. The summed E-state index contributed by atoms with van der Waals surface area (Å²) in [6, 6.07) is 13.9. The van der Waals surface area contributed by atoms with Gasteiger partial charge in [-0.05, 0) is 79.8 Å². The zero-order valence-electron chi connectivity index (χ0n) is 22.3. The van der Waals surface area contributed by atoms with Crippen molar-refractivity contribution in [1.82, 2.24) is 26.1 Å². The average molecular weight is 541 g/mol. The van der Waals surface area contributed by atoms with E-state index >= 15 is 0 Å². The van der Waals surface area contributed by atoms with Gasteiger partial charge >= 0.3 is 6.03 Å². The Morgan fingerprint density at radius 2 is 1.77 bits per heavy atom. The zero-order valence-corrected chi connectivity index (χ0v) is 22.3. The highest BCUT2D eigenvalue weighted by atomic mass is 19.1. The highest BCUT2D eigenvalue weighted by molar-refractivity contribution is 6.07. The number of aryl methyl sites for hydroxylation is 2. The van der Waals surface area contributed by atoms with Crippen molar-refractivity contribution in [3.8, 4) is 0 Å². The van der Waals surface area contributed by atoms with E-state index in [0.29, 0.717) is 29.9 Å². The number of hydrogen-bond donors (Lipinski definition) is 5. The third-order valence-electron chi connectivity index (χ3n) is 7.09. The number of urea groups is 1. The summed E-state index contributed by atoms with van der Waals surface area (Å²) in [7, 11) is 0. The first-order valence-electron chi connectivity index (χ1n) is 12.9. The number of allylic oxidation sites excluding steroid dienone is 1. The summed E-state index contributed by atoms with van der Waals surface area (Å²) in [5.41, 5.74) is 5.56. The summed E-state index contributed by atoms with van der Waals surface area (Å²) in [6.45, 7) is 5.97.